The Morgan fingerprint density at radius 3 is 2.89 bits per heavy atom. The van der Waals surface area contributed by atoms with E-state index < -0.39 is 0 Å². The predicted octanol–water partition coefficient (Wildman–Crippen LogP) is 1.60. The van der Waals surface area contributed by atoms with E-state index in [9.17, 15) is 4.79 Å². The minimum atomic E-state index is 0.125. The van der Waals surface area contributed by atoms with Gasteiger partial charge in [-0.05, 0) is 30.5 Å². The summed E-state index contributed by atoms with van der Waals surface area (Å²) in [5.41, 5.74) is 1.78. The quantitative estimate of drug-likeness (QED) is 0.860. The Hall–Kier alpha value is -1.81. The summed E-state index contributed by atoms with van der Waals surface area (Å²) in [6, 6.07) is 8.20. The van der Waals surface area contributed by atoms with Crippen molar-refractivity contribution in [1.29, 1.82) is 0 Å². The Kier molecular flexibility index (Phi) is 2.80. The van der Waals surface area contributed by atoms with Gasteiger partial charge in [-0.25, -0.2) is 0 Å². The number of carbonyl (C=O) groups is 1. The first-order valence-corrected chi connectivity index (χ1v) is 6.38. The normalized spacial score (nSPS) is 15.6. The van der Waals surface area contributed by atoms with Crippen molar-refractivity contribution >= 4 is 16.8 Å². The molecule has 0 radical (unpaired) electrons. The highest BCUT2D eigenvalue weighted by Gasteiger charge is 2.27. The lowest BCUT2D eigenvalue weighted by atomic mass is 10.1. The molecule has 0 aliphatic carbocycles. The average Bonchev–Trinajstić information content (AvgIpc) is 2.79. The van der Waals surface area contributed by atoms with Gasteiger partial charge in [0.25, 0.3) is 5.91 Å². The minimum absolute atomic E-state index is 0.125. The van der Waals surface area contributed by atoms with Crippen LogP contribution in [-0.2, 0) is 0 Å². The van der Waals surface area contributed by atoms with Crippen LogP contribution in [0.3, 0.4) is 0 Å². The number of carbonyl (C=O) groups excluding carboxylic acids is 1. The Morgan fingerprint density at radius 2 is 2.22 bits per heavy atom. The first-order valence-electron chi connectivity index (χ1n) is 6.38. The molecule has 1 aromatic heterocycles. The zero-order valence-corrected chi connectivity index (χ0v) is 10.4. The SMILES string of the molecule is CCN(C(=O)c1ccc2cc[nH]c2c1)C1CNC1. The van der Waals surface area contributed by atoms with Gasteiger partial charge in [0.15, 0.2) is 0 Å². The van der Waals surface area contributed by atoms with Gasteiger partial charge in [0.05, 0.1) is 6.04 Å². The molecule has 4 heteroatoms. The van der Waals surface area contributed by atoms with Gasteiger partial charge in [-0.3, -0.25) is 4.79 Å². The molecule has 1 saturated heterocycles. The molecule has 0 spiro atoms. The highest BCUT2D eigenvalue weighted by Crippen LogP contribution is 2.17. The molecule has 0 unspecified atom stereocenters. The van der Waals surface area contributed by atoms with E-state index in [1.807, 2.05) is 42.3 Å². The van der Waals surface area contributed by atoms with Crippen LogP contribution in [0.15, 0.2) is 30.5 Å². The molecule has 1 amide bonds. The van der Waals surface area contributed by atoms with Gasteiger partial charge in [0.1, 0.15) is 0 Å². The number of nitrogens with one attached hydrogen (secondary N) is 2. The number of H-pyrrole nitrogens is 1. The summed E-state index contributed by atoms with van der Waals surface area (Å²) in [6.45, 7) is 4.60. The van der Waals surface area contributed by atoms with Gasteiger partial charge in [-0.2, -0.15) is 0 Å². The van der Waals surface area contributed by atoms with Crippen LogP contribution in [-0.4, -0.2) is 41.5 Å². The van der Waals surface area contributed by atoms with Crippen LogP contribution in [0.2, 0.25) is 0 Å². The Labute approximate surface area is 106 Å². The van der Waals surface area contributed by atoms with Crippen molar-refractivity contribution in [1.82, 2.24) is 15.2 Å². The molecule has 0 atom stereocenters. The molecule has 1 aliphatic rings. The molecule has 0 bridgehead atoms. The summed E-state index contributed by atoms with van der Waals surface area (Å²) in [7, 11) is 0. The first kappa shape index (κ1) is 11.3. The lowest BCUT2D eigenvalue weighted by Gasteiger charge is -2.37. The summed E-state index contributed by atoms with van der Waals surface area (Å²) < 4.78 is 0. The Balaban J connectivity index is 1.89. The van der Waals surface area contributed by atoms with Gasteiger partial charge in [0.2, 0.25) is 0 Å². The molecule has 2 heterocycles. The number of benzene rings is 1. The monoisotopic (exact) mass is 243 g/mol. The number of hydrogen-bond donors (Lipinski definition) is 2. The lowest BCUT2D eigenvalue weighted by molar-refractivity contribution is 0.0630. The van der Waals surface area contributed by atoms with Crippen molar-refractivity contribution in [3.05, 3.63) is 36.0 Å². The number of nitrogens with zero attached hydrogens (tertiary/aromatic N) is 1. The molecule has 1 aliphatic heterocycles. The van der Waals surface area contributed by atoms with E-state index in [1.165, 1.54) is 0 Å². The number of rotatable bonds is 3. The van der Waals surface area contributed by atoms with Crippen LogP contribution in [0.25, 0.3) is 10.9 Å². The number of amides is 1. The predicted molar refractivity (Wildman–Crippen MR) is 71.7 cm³/mol. The molecule has 18 heavy (non-hydrogen) atoms. The van der Waals surface area contributed by atoms with E-state index in [4.69, 9.17) is 0 Å². The zero-order valence-electron chi connectivity index (χ0n) is 10.4. The molecule has 0 saturated carbocycles. The summed E-state index contributed by atoms with van der Waals surface area (Å²) >= 11 is 0. The van der Waals surface area contributed by atoms with Crippen LogP contribution in [0, 0.1) is 0 Å². The van der Waals surface area contributed by atoms with Crippen LogP contribution >= 0.6 is 0 Å². The van der Waals surface area contributed by atoms with Crippen LogP contribution in [0.4, 0.5) is 0 Å². The second kappa shape index (κ2) is 4.46. The third-order valence-electron chi connectivity index (χ3n) is 3.60. The van der Waals surface area contributed by atoms with Crippen LogP contribution in [0.5, 0.6) is 0 Å². The minimum Gasteiger partial charge on any atom is -0.361 e. The lowest BCUT2D eigenvalue weighted by Crippen LogP contribution is -2.58. The maximum absolute atomic E-state index is 12.5. The largest absolute Gasteiger partial charge is 0.361 e. The molecule has 1 aromatic carbocycles. The van der Waals surface area contributed by atoms with Crippen LogP contribution < -0.4 is 5.32 Å². The van der Waals surface area contributed by atoms with Crippen molar-refractivity contribution in [3.8, 4) is 0 Å². The van der Waals surface area contributed by atoms with E-state index in [1.54, 1.807) is 0 Å². The summed E-state index contributed by atoms with van der Waals surface area (Å²) in [6.07, 6.45) is 1.90. The van der Waals surface area contributed by atoms with Crippen molar-refractivity contribution in [2.75, 3.05) is 19.6 Å². The van der Waals surface area contributed by atoms with E-state index >= 15 is 0 Å². The molecule has 94 valence electrons. The van der Waals surface area contributed by atoms with E-state index in [0.29, 0.717) is 6.04 Å². The van der Waals surface area contributed by atoms with Gasteiger partial charge >= 0.3 is 0 Å². The van der Waals surface area contributed by atoms with Crippen molar-refractivity contribution in [2.24, 2.45) is 0 Å². The van der Waals surface area contributed by atoms with E-state index in [2.05, 4.69) is 10.3 Å². The molecular formula is C14H17N3O. The highest BCUT2D eigenvalue weighted by atomic mass is 16.2. The zero-order chi connectivity index (χ0) is 12.5. The smallest absolute Gasteiger partial charge is 0.254 e. The summed E-state index contributed by atoms with van der Waals surface area (Å²) in [5.74, 6) is 0.125. The van der Waals surface area contributed by atoms with Crippen LogP contribution in [0.1, 0.15) is 17.3 Å². The number of hydrogen-bond acceptors (Lipinski definition) is 2. The highest BCUT2D eigenvalue weighted by molar-refractivity contribution is 5.98. The van der Waals surface area contributed by atoms with Gasteiger partial charge < -0.3 is 15.2 Å². The molecule has 2 N–H and O–H groups in total. The molecule has 1 fully saturated rings. The summed E-state index contributed by atoms with van der Waals surface area (Å²) in [4.78, 5) is 17.6. The first-order chi connectivity index (χ1) is 8.79. The third-order valence-corrected chi connectivity index (χ3v) is 3.60. The van der Waals surface area contributed by atoms with E-state index in [0.717, 1.165) is 36.1 Å². The van der Waals surface area contributed by atoms with Crippen molar-refractivity contribution in [2.45, 2.75) is 13.0 Å². The Morgan fingerprint density at radius 1 is 1.39 bits per heavy atom. The molecular weight excluding hydrogens is 226 g/mol. The topological polar surface area (TPSA) is 48.1 Å². The maximum atomic E-state index is 12.5. The number of likely N-dealkylation sites (N-methyl/N-ethyl adjacent to an activating group) is 1. The number of aromatic amines is 1. The number of aromatic nitrogens is 1. The fraction of sp³-hybridized carbons (Fsp3) is 0.357. The Bertz CT molecular complexity index is 571. The molecule has 4 nitrogen and oxygen atoms in total. The van der Waals surface area contributed by atoms with Gasteiger partial charge in [-0.15, -0.1) is 0 Å². The van der Waals surface area contributed by atoms with Gasteiger partial charge in [0, 0.05) is 36.9 Å². The summed E-state index contributed by atoms with van der Waals surface area (Å²) in [5, 5.41) is 4.35. The van der Waals surface area contributed by atoms with Gasteiger partial charge in [-0.1, -0.05) is 6.07 Å². The third kappa shape index (κ3) is 1.78. The molecule has 3 rings (SSSR count). The maximum Gasteiger partial charge on any atom is 0.254 e. The second-order valence-electron chi connectivity index (χ2n) is 4.68. The fourth-order valence-corrected chi connectivity index (χ4v) is 2.41. The molecule has 2 aromatic rings. The number of fused-ring (bicyclic) bond motifs is 1. The fourth-order valence-electron chi connectivity index (χ4n) is 2.41. The standard InChI is InChI=1S/C14H17N3O/c1-2-17(12-8-15-9-12)14(18)11-4-3-10-5-6-16-13(10)7-11/h3-7,12,15-16H,2,8-9H2,1H3. The second-order valence-corrected chi connectivity index (χ2v) is 4.68. The van der Waals surface area contributed by atoms with E-state index in [-0.39, 0.29) is 5.91 Å². The average molecular weight is 243 g/mol. The van der Waals surface area contributed by atoms with Crippen molar-refractivity contribution in [3.63, 3.8) is 0 Å². The van der Waals surface area contributed by atoms with Crippen molar-refractivity contribution < 1.29 is 4.79 Å².